The van der Waals surface area contributed by atoms with Gasteiger partial charge in [-0.15, -0.1) is 0 Å². The maximum absolute atomic E-state index is 12.1. The van der Waals surface area contributed by atoms with Crippen molar-refractivity contribution in [1.29, 1.82) is 5.26 Å². The summed E-state index contributed by atoms with van der Waals surface area (Å²) in [5.41, 5.74) is 3.30. The molecule has 0 fully saturated rings. The standard InChI is InChI=1S/C17H15N3O/c1-17(2)8-13-4-3-12(10-18)7-14(13)15(9-17)20-11-19-6-5-16(20)21/h3-7,9,11H,8H2,1-2H3. The Morgan fingerprint density at radius 1 is 1.33 bits per heavy atom. The normalized spacial score (nSPS) is 15.8. The van der Waals surface area contributed by atoms with Gasteiger partial charge in [-0.3, -0.25) is 9.36 Å². The topological polar surface area (TPSA) is 58.7 Å². The third-order valence-corrected chi connectivity index (χ3v) is 3.67. The van der Waals surface area contributed by atoms with Crippen LogP contribution in [0.2, 0.25) is 0 Å². The molecule has 3 rings (SSSR count). The van der Waals surface area contributed by atoms with Gasteiger partial charge in [0, 0.05) is 17.8 Å². The van der Waals surface area contributed by atoms with E-state index in [1.165, 1.54) is 18.6 Å². The molecular weight excluding hydrogens is 262 g/mol. The molecule has 0 aliphatic heterocycles. The average molecular weight is 277 g/mol. The molecule has 1 aromatic carbocycles. The highest BCUT2D eigenvalue weighted by atomic mass is 16.1. The van der Waals surface area contributed by atoms with Crippen LogP contribution in [0.4, 0.5) is 0 Å². The van der Waals surface area contributed by atoms with Gasteiger partial charge in [0.15, 0.2) is 0 Å². The van der Waals surface area contributed by atoms with Gasteiger partial charge in [-0.2, -0.15) is 5.26 Å². The Morgan fingerprint density at radius 2 is 2.14 bits per heavy atom. The molecule has 0 atom stereocenters. The number of nitrogens with zero attached hydrogens (tertiary/aromatic N) is 3. The van der Waals surface area contributed by atoms with Crippen LogP contribution >= 0.6 is 0 Å². The number of allylic oxidation sites excluding steroid dienone is 1. The predicted molar refractivity (Wildman–Crippen MR) is 80.5 cm³/mol. The number of fused-ring (bicyclic) bond motifs is 1. The summed E-state index contributed by atoms with van der Waals surface area (Å²) in [7, 11) is 0. The van der Waals surface area contributed by atoms with Crippen LogP contribution < -0.4 is 5.56 Å². The summed E-state index contributed by atoms with van der Waals surface area (Å²) in [5.74, 6) is 0. The largest absolute Gasteiger partial charge is 0.269 e. The second kappa shape index (κ2) is 4.71. The molecule has 4 heteroatoms. The van der Waals surface area contributed by atoms with E-state index in [9.17, 15) is 4.79 Å². The third-order valence-electron chi connectivity index (χ3n) is 3.67. The first-order valence-electron chi connectivity index (χ1n) is 6.79. The van der Waals surface area contributed by atoms with E-state index in [0.717, 1.165) is 23.2 Å². The van der Waals surface area contributed by atoms with Crippen LogP contribution in [0.3, 0.4) is 0 Å². The fourth-order valence-electron chi connectivity index (χ4n) is 2.76. The highest BCUT2D eigenvalue weighted by Gasteiger charge is 2.26. The Balaban J connectivity index is 2.29. The van der Waals surface area contributed by atoms with E-state index in [-0.39, 0.29) is 11.0 Å². The molecule has 1 heterocycles. The SMILES string of the molecule is CC1(C)C=C(n2cnccc2=O)c2cc(C#N)ccc2C1. The number of nitriles is 1. The zero-order valence-electron chi connectivity index (χ0n) is 12.0. The van der Waals surface area contributed by atoms with Crippen molar-refractivity contribution >= 4 is 5.70 Å². The van der Waals surface area contributed by atoms with Crippen LogP contribution in [-0.2, 0) is 6.42 Å². The molecule has 0 saturated heterocycles. The smallest absolute Gasteiger partial charge is 0.257 e. The first-order chi connectivity index (χ1) is 10.00. The van der Waals surface area contributed by atoms with Gasteiger partial charge >= 0.3 is 0 Å². The molecule has 0 radical (unpaired) electrons. The van der Waals surface area contributed by atoms with Crippen LogP contribution in [0, 0.1) is 16.7 Å². The lowest BCUT2D eigenvalue weighted by Gasteiger charge is -2.30. The summed E-state index contributed by atoms with van der Waals surface area (Å²) in [6.45, 7) is 4.27. The quantitative estimate of drug-likeness (QED) is 0.805. The van der Waals surface area contributed by atoms with Crippen molar-refractivity contribution in [1.82, 2.24) is 9.55 Å². The lowest BCUT2D eigenvalue weighted by Crippen LogP contribution is -2.25. The van der Waals surface area contributed by atoms with E-state index in [2.05, 4.69) is 31.0 Å². The van der Waals surface area contributed by atoms with E-state index in [4.69, 9.17) is 5.26 Å². The molecule has 1 aliphatic carbocycles. The van der Waals surface area contributed by atoms with Crippen molar-refractivity contribution in [3.8, 4) is 6.07 Å². The minimum absolute atomic E-state index is 0.0498. The first-order valence-corrected chi connectivity index (χ1v) is 6.79. The first kappa shape index (κ1) is 13.3. The lowest BCUT2D eigenvalue weighted by molar-refractivity contribution is 0.470. The molecule has 0 N–H and O–H groups in total. The molecule has 21 heavy (non-hydrogen) atoms. The monoisotopic (exact) mass is 277 g/mol. The van der Waals surface area contributed by atoms with Gasteiger partial charge < -0.3 is 0 Å². The molecule has 104 valence electrons. The molecule has 1 aliphatic rings. The molecule has 1 aromatic heterocycles. The predicted octanol–water partition coefficient (Wildman–Crippen LogP) is 2.59. The maximum Gasteiger partial charge on any atom is 0.257 e. The number of hydrogen-bond acceptors (Lipinski definition) is 3. The third kappa shape index (κ3) is 2.38. The molecule has 0 saturated carbocycles. The van der Waals surface area contributed by atoms with Crippen molar-refractivity contribution in [2.45, 2.75) is 20.3 Å². The van der Waals surface area contributed by atoms with Crippen LogP contribution in [0.1, 0.15) is 30.5 Å². The minimum atomic E-state index is -0.123. The van der Waals surface area contributed by atoms with Crippen LogP contribution in [-0.4, -0.2) is 9.55 Å². The molecule has 4 nitrogen and oxygen atoms in total. The van der Waals surface area contributed by atoms with Gasteiger partial charge in [-0.1, -0.05) is 26.0 Å². The highest BCUT2D eigenvalue weighted by Crippen LogP contribution is 2.36. The Labute approximate surface area is 123 Å². The van der Waals surface area contributed by atoms with Crippen LogP contribution in [0.5, 0.6) is 0 Å². The van der Waals surface area contributed by atoms with Crippen molar-refractivity contribution in [3.05, 3.63) is 69.9 Å². The van der Waals surface area contributed by atoms with E-state index < -0.39 is 0 Å². The maximum atomic E-state index is 12.1. The van der Waals surface area contributed by atoms with Crippen LogP contribution in [0.25, 0.3) is 5.70 Å². The van der Waals surface area contributed by atoms with Gasteiger partial charge in [-0.25, -0.2) is 4.98 Å². The molecule has 0 spiro atoms. The number of hydrogen-bond donors (Lipinski definition) is 0. The highest BCUT2D eigenvalue weighted by molar-refractivity contribution is 5.72. The van der Waals surface area contributed by atoms with Crippen molar-refractivity contribution in [2.75, 3.05) is 0 Å². The summed E-state index contributed by atoms with van der Waals surface area (Å²) >= 11 is 0. The van der Waals surface area contributed by atoms with Crippen LogP contribution in [0.15, 0.2) is 47.7 Å². The van der Waals surface area contributed by atoms with E-state index >= 15 is 0 Å². The number of benzene rings is 1. The summed E-state index contributed by atoms with van der Waals surface area (Å²) in [6, 6.07) is 9.24. The molecule has 0 unspecified atom stereocenters. The Hall–Kier alpha value is -2.67. The average Bonchev–Trinajstić information content (AvgIpc) is 2.46. The Bertz CT molecular complexity index is 838. The van der Waals surface area contributed by atoms with Gasteiger partial charge in [0.05, 0.1) is 17.3 Å². The second-order valence-electron chi connectivity index (χ2n) is 5.97. The fourth-order valence-corrected chi connectivity index (χ4v) is 2.76. The van der Waals surface area contributed by atoms with Gasteiger partial charge in [0.25, 0.3) is 5.56 Å². The second-order valence-corrected chi connectivity index (χ2v) is 5.97. The zero-order chi connectivity index (χ0) is 15.0. The summed E-state index contributed by atoms with van der Waals surface area (Å²) in [4.78, 5) is 16.2. The Morgan fingerprint density at radius 3 is 2.86 bits per heavy atom. The van der Waals surface area contributed by atoms with Gasteiger partial charge in [0.2, 0.25) is 0 Å². The van der Waals surface area contributed by atoms with E-state index in [0.29, 0.717) is 5.56 Å². The summed E-state index contributed by atoms with van der Waals surface area (Å²) in [6.07, 6.45) is 5.98. The Kier molecular flexibility index (Phi) is 2.99. The minimum Gasteiger partial charge on any atom is -0.269 e. The van der Waals surface area contributed by atoms with E-state index in [1.807, 2.05) is 18.2 Å². The molecule has 2 aromatic rings. The van der Waals surface area contributed by atoms with Gasteiger partial charge in [-0.05, 0) is 29.5 Å². The van der Waals surface area contributed by atoms with Crippen molar-refractivity contribution < 1.29 is 0 Å². The number of rotatable bonds is 1. The van der Waals surface area contributed by atoms with E-state index in [1.54, 1.807) is 4.57 Å². The molecular formula is C17H15N3O. The van der Waals surface area contributed by atoms with Gasteiger partial charge in [0.1, 0.15) is 6.33 Å². The molecule has 0 bridgehead atoms. The molecule has 0 amide bonds. The summed E-state index contributed by atoms with van der Waals surface area (Å²) < 4.78 is 1.54. The van der Waals surface area contributed by atoms with Crippen molar-refractivity contribution in [2.24, 2.45) is 5.41 Å². The van der Waals surface area contributed by atoms with Crippen molar-refractivity contribution in [3.63, 3.8) is 0 Å². The fraction of sp³-hybridized carbons (Fsp3) is 0.235. The zero-order valence-corrected chi connectivity index (χ0v) is 12.0. The summed E-state index contributed by atoms with van der Waals surface area (Å²) in [5, 5.41) is 9.10. The number of aromatic nitrogens is 2. The lowest BCUT2D eigenvalue weighted by atomic mass is 9.77.